The fraction of sp³-hybridized carbons (Fsp3) is 0.529. The number of carbonyl (C=O) groups is 1. The second-order valence-electron chi connectivity index (χ2n) is 6.13. The normalized spacial score (nSPS) is 18.0. The third kappa shape index (κ3) is 3.62. The van der Waals surface area contributed by atoms with Crippen LogP contribution < -0.4 is 0 Å². The maximum Gasteiger partial charge on any atom is 0.223 e. The Morgan fingerprint density at radius 1 is 1.42 bits per heavy atom. The molecule has 0 radical (unpaired) electrons. The molecule has 0 bridgehead atoms. The van der Waals surface area contributed by atoms with E-state index in [2.05, 4.69) is 15.1 Å². The van der Waals surface area contributed by atoms with Crippen molar-refractivity contribution in [3.63, 3.8) is 0 Å². The Morgan fingerprint density at radius 2 is 2.25 bits per heavy atom. The third-order valence-corrected chi connectivity index (χ3v) is 4.47. The highest BCUT2D eigenvalue weighted by molar-refractivity contribution is 5.76. The predicted molar refractivity (Wildman–Crippen MR) is 88.3 cm³/mol. The standard InChI is InChI=1S/C17H23N5O2/c1-12-6-7-18-17(20-12)15-11-22(8-9-24-15)16(23)5-4-14-10-19-21(3)13(14)2/h6-7,10,15H,4-5,8-9,11H2,1-3H3. The quantitative estimate of drug-likeness (QED) is 0.847. The minimum Gasteiger partial charge on any atom is -0.367 e. The summed E-state index contributed by atoms with van der Waals surface area (Å²) in [5.41, 5.74) is 3.13. The van der Waals surface area contributed by atoms with E-state index >= 15 is 0 Å². The number of nitrogens with zero attached hydrogens (tertiary/aromatic N) is 5. The van der Waals surface area contributed by atoms with Crippen LogP contribution in [0.15, 0.2) is 18.5 Å². The maximum absolute atomic E-state index is 12.5. The van der Waals surface area contributed by atoms with E-state index in [0.717, 1.165) is 17.0 Å². The minimum absolute atomic E-state index is 0.138. The fourth-order valence-corrected chi connectivity index (χ4v) is 2.84. The molecule has 7 nitrogen and oxygen atoms in total. The number of hydrogen-bond acceptors (Lipinski definition) is 5. The molecule has 2 aromatic heterocycles. The number of aromatic nitrogens is 4. The second kappa shape index (κ2) is 7.09. The summed E-state index contributed by atoms with van der Waals surface area (Å²) in [5, 5.41) is 4.22. The lowest BCUT2D eigenvalue weighted by atomic mass is 10.1. The van der Waals surface area contributed by atoms with Gasteiger partial charge in [0.2, 0.25) is 5.91 Å². The van der Waals surface area contributed by atoms with Crippen LogP contribution in [0.1, 0.15) is 35.3 Å². The summed E-state index contributed by atoms with van der Waals surface area (Å²) in [6.07, 6.45) is 4.51. The Bertz CT molecular complexity index is 728. The number of morpholine rings is 1. The molecule has 1 atom stereocenters. The molecule has 1 aliphatic rings. The lowest BCUT2D eigenvalue weighted by Crippen LogP contribution is -2.42. The van der Waals surface area contributed by atoms with Crippen molar-refractivity contribution >= 4 is 5.91 Å². The van der Waals surface area contributed by atoms with E-state index in [4.69, 9.17) is 4.74 Å². The zero-order valence-corrected chi connectivity index (χ0v) is 14.4. The third-order valence-electron chi connectivity index (χ3n) is 4.47. The SMILES string of the molecule is Cc1ccnc(C2CN(C(=O)CCc3cnn(C)c3C)CCO2)n1. The van der Waals surface area contributed by atoms with Gasteiger partial charge in [0.25, 0.3) is 0 Å². The van der Waals surface area contributed by atoms with E-state index in [1.807, 2.05) is 42.7 Å². The molecule has 128 valence electrons. The number of aryl methyl sites for hydroxylation is 3. The van der Waals surface area contributed by atoms with Gasteiger partial charge in [-0.2, -0.15) is 5.10 Å². The first-order chi connectivity index (χ1) is 11.5. The molecule has 0 aliphatic carbocycles. The highest BCUT2D eigenvalue weighted by atomic mass is 16.5. The topological polar surface area (TPSA) is 73.1 Å². The summed E-state index contributed by atoms with van der Waals surface area (Å²) in [6.45, 7) is 5.58. The molecule has 3 heterocycles. The zero-order chi connectivity index (χ0) is 17.1. The van der Waals surface area contributed by atoms with Crippen LogP contribution in [-0.2, 0) is 23.0 Å². The van der Waals surface area contributed by atoms with E-state index in [-0.39, 0.29) is 12.0 Å². The molecule has 1 amide bonds. The molecule has 1 unspecified atom stereocenters. The number of rotatable bonds is 4. The van der Waals surface area contributed by atoms with Crippen LogP contribution in [0.25, 0.3) is 0 Å². The van der Waals surface area contributed by atoms with Crippen LogP contribution in [0.4, 0.5) is 0 Å². The summed E-state index contributed by atoms with van der Waals surface area (Å²) < 4.78 is 7.59. The number of carbonyl (C=O) groups excluding carboxylic acids is 1. The number of hydrogen-bond donors (Lipinski definition) is 0. The second-order valence-corrected chi connectivity index (χ2v) is 6.13. The van der Waals surface area contributed by atoms with Gasteiger partial charge in [-0.25, -0.2) is 9.97 Å². The number of ether oxygens (including phenoxy) is 1. The number of amides is 1. The van der Waals surface area contributed by atoms with Gasteiger partial charge < -0.3 is 9.64 Å². The van der Waals surface area contributed by atoms with Crippen molar-refractivity contribution in [2.45, 2.75) is 32.8 Å². The average molecular weight is 329 g/mol. The van der Waals surface area contributed by atoms with Gasteiger partial charge in [0.05, 0.1) is 19.3 Å². The predicted octanol–water partition coefficient (Wildman–Crippen LogP) is 1.36. The first kappa shape index (κ1) is 16.6. The molecule has 0 aromatic carbocycles. The van der Waals surface area contributed by atoms with Gasteiger partial charge in [-0.05, 0) is 31.9 Å². The van der Waals surface area contributed by atoms with Crippen LogP contribution in [0, 0.1) is 13.8 Å². The molecule has 1 saturated heterocycles. The first-order valence-corrected chi connectivity index (χ1v) is 8.21. The van der Waals surface area contributed by atoms with Gasteiger partial charge in [0.1, 0.15) is 6.10 Å². The molecule has 1 aliphatic heterocycles. The largest absolute Gasteiger partial charge is 0.367 e. The summed E-state index contributed by atoms with van der Waals surface area (Å²) in [4.78, 5) is 23.1. The van der Waals surface area contributed by atoms with E-state index in [0.29, 0.717) is 38.4 Å². The monoisotopic (exact) mass is 329 g/mol. The molecule has 0 spiro atoms. The highest BCUT2D eigenvalue weighted by Gasteiger charge is 2.27. The van der Waals surface area contributed by atoms with Gasteiger partial charge in [0, 0.05) is 37.6 Å². The molecule has 3 rings (SSSR count). The summed E-state index contributed by atoms with van der Waals surface area (Å²) >= 11 is 0. The Kier molecular flexibility index (Phi) is 4.89. The van der Waals surface area contributed by atoms with Gasteiger partial charge in [-0.1, -0.05) is 0 Å². The molecular formula is C17H23N5O2. The van der Waals surface area contributed by atoms with Crippen molar-refractivity contribution in [3.05, 3.63) is 41.2 Å². The first-order valence-electron chi connectivity index (χ1n) is 8.21. The Labute approximate surface area is 141 Å². The lowest BCUT2D eigenvalue weighted by Gasteiger charge is -2.32. The highest BCUT2D eigenvalue weighted by Crippen LogP contribution is 2.20. The van der Waals surface area contributed by atoms with Gasteiger partial charge >= 0.3 is 0 Å². The molecule has 0 saturated carbocycles. The molecule has 2 aromatic rings. The molecule has 7 heteroatoms. The van der Waals surface area contributed by atoms with Gasteiger partial charge in [0.15, 0.2) is 5.82 Å². The fourth-order valence-electron chi connectivity index (χ4n) is 2.84. The van der Waals surface area contributed by atoms with Crippen molar-refractivity contribution < 1.29 is 9.53 Å². The van der Waals surface area contributed by atoms with Crippen LogP contribution in [0.2, 0.25) is 0 Å². The Hall–Kier alpha value is -2.28. The maximum atomic E-state index is 12.5. The summed E-state index contributed by atoms with van der Waals surface area (Å²) in [6, 6.07) is 1.85. The lowest BCUT2D eigenvalue weighted by molar-refractivity contribution is -0.139. The smallest absolute Gasteiger partial charge is 0.223 e. The molecular weight excluding hydrogens is 306 g/mol. The van der Waals surface area contributed by atoms with Crippen LogP contribution in [0.5, 0.6) is 0 Å². The molecule has 1 fully saturated rings. The summed E-state index contributed by atoms with van der Waals surface area (Å²) in [5.74, 6) is 0.787. The Morgan fingerprint density at radius 3 is 2.96 bits per heavy atom. The van der Waals surface area contributed by atoms with E-state index in [1.54, 1.807) is 6.20 Å². The van der Waals surface area contributed by atoms with Crippen molar-refractivity contribution in [1.29, 1.82) is 0 Å². The van der Waals surface area contributed by atoms with E-state index < -0.39 is 0 Å². The molecule has 0 N–H and O–H groups in total. The Balaban J connectivity index is 1.60. The van der Waals surface area contributed by atoms with Crippen LogP contribution >= 0.6 is 0 Å². The van der Waals surface area contributed by atoms with Gasteiger partial charge in [-0.15, -0.1) is 0 Å². The van der Waals surface area contributed by atoms with Crippen molar-refractivity contribution in [1.82, 2.24) is 24.6 Å². The minimum atomic E-state index is -0.247. The van der Waals surface area contributed by atoms with Crippen molar-refractivity contribution in [3.8, 4) is 0 Å². The van der Waals surface area contributed by atoms with Crippen LogP contribution in [-0.4, -0.2) is 50.3 Å². The van der Waals surface area contributed by atoms with E-state index in [9.17, 15) is 4.79 Å². The van der Waals surface area contributed by atoms with E-state index in [1.165, 1.54) is 0 Å². The summed E-state index contributed by atoms with van der Waals surface area (Å²) in [7, 11) is 1.91. The van der Waals surface area contributed by atoms with Crippen LogP contribution in [0.3, 0.4) is 0 Å². The molecule has 24 heavy (non-hydrogen) atoms. The van der Waals surface area contributed by atoms with Crippen molar-refractivity contribution in [2.24, 2.45) is 7.05 Å². The average Bonchev–Trinajstić information content (AvgIpc) is 2.91. The van der Waals surface area contributed by atoms with Crippen molar-refractivity contribution in [2.75, 3.05) is 19.7 Å². The zero-order valence-electron chi connectivity index (χ0n) is 14.4. The van der Waals surface area contributed by atoms with Gasteiger partial charge in [-0.3, -0.25) is 9.48 Å².